The van der Waals surface area contributed by atoms with Crippen LogP contribution in [0, 0.1) is 12.3 Å². The molecule has 1 fully saturated rings. The first-order valence-corrected chi connectivity index (χ1v) is 6.33. The van der Waals surface area contributed by atoms with Crippen molar-refractivity contribution < 1.29 is 9.90 Å². The van der Waals surface area contributed by atoms with Crippen LogP contribution >= 0.6 is 0 Å². The maximum Gasteiger partial charge on any atom is 0.253 e. The molecule has 1 heterocycles. The molecular weight excluding hydrogens is 242 g/mol. The van der Waals surface area contributed by atoms with Gasteiger partial charge in [0.05, 0.1) is 24.3 Å². The van der Waals surface area contributed by atoms with Gasteiger partial charge in [-0.15, -0.1) is 6.42 Å². The lowest BCUT2D eigenvalue weighted by Gasteiger charge is -2.16. The number of hydrogen-bond acceptors (Lipinski definition) is 4. The molecule has 0 unspecified atom stereocenters. The van der Waals surface area contributed by atoms with Crippen molar-refractivity contribution >= 4 is 11.7 Å². The maximum absolute atomic E-state index is 11.6. The Morgan fingerprint density at radius 3 is 2.95 bits per heavy atom. The summed E-state index contributed by atoms with van der Waals surface area (Å²) in [5.74, 6) is 2.77. The minimum Gasteiger partial charge on any atom is -0.391 e. The Labute approximate surface area is 112 Å². The third-order valence-corrected chi connectivity index (χ3v) is 3.19. The van der Waals surface area contributed by atoms with Gasteiger partial charge in [0.25, 0.3) is 5.91 Å². The predicted octanol–water partition coefficient (Wildman–Crippen LogP) is 0.770. The van der Waals surface area contributed by atoms with Crippen molar-refractivity contribution in [2.45, 2.75) is 31.4 Å². The van der Waals surface area contributed by atoms with Crippen LogP contribution in [-0.4, -0.2) is 34.7 Å². The Bertz CT molecular complexity index is 478. The Morgan fingerprint density at radius 1 is 1.53 bits per heavy atom. The van der Waals surface area contributed by atoms with Crippen LogP contribution in [0.4, 0.5) is 5.82 Å². The Balaban J connectivity index is 1.94. The molecular formula is C14H17N3O2. The van der Waals surface area contributed by atoms with E-state index in [1.807, 2.05) is 0 Å². The Morgan fingerprint density at radius 2 is 2.37 bits per heavy atom. The normalized spacial score (nSPS) is 21.7. The van der Waals surface area contributed by atoms with E-state index in [4.69, 9.17) is 6.42 Å². The fourth-order valence-corrected chi connectivity index (χ4v) is 2.15. The second-order valence-electron chi connectivity index (χ2n) is 4.57. The van der Waals surface area contributed by atoms with Gasteiger partial charge in [0.15, 0.2) is 0 Å². The summed E-state index contributed by atoms with van der Waals surface area (Å²) in [7, 11) is 0. The molecule has 1 aliphatic rings. The molecule has 100 valence electrons. The largest absolute Gasteiger partial charge is 0.391 e. The van der Waals surface area contributed by atoms with E-state index in [-0.39, 0.29) is 24.6 Å². The van der Waals surface area contributed by atoms with Crippen LogP contribution in [0.3, 0.4) is 0 Å². The van der Waals surface area contributed by atoms with E-state index >= 15 is 0 Å². The van der Waals surface area contributed by atoms with E-state index in [2.05, 4.69) is 21.5 Å². The summed E-state index contributed by atoms with van der Waals surface area (Å²) < 4.78 is 0. The van der Waals surface area contributed by atoms with Gasteiger partial charge < -0.3 is 15.7 Å². The number of nitrogens with one attached hydrogen (secondary N) is 2. The van der Waals surface area contributed by atoms with Gasteiger partial charge in [0, 0.05) is 6.20 Å². The number of terminal acetylenes is 1. The van der Waals surface area contributed by atoms with Crippen molar-refractivity contribution in [1.29, 1.82) is 0 Å². The number of carbonyl (C=O) groups excluding carboxylic acids is 1. The van der Waals surface area contributed by atoms with Crippen LogP contribution in [0.5, 0.6) is 0 Å². The maximum atomic E-state index is 11.6. The molecule has 2 atom stereocenters. The molecule has 3 N–H and O–H groups in total. The monoisotopic (exact) mass is 259 g/mol. The minimum atomic E-state index is -0.319. The number of anilines is 1. The lowest BCUT2D eigenvalue weighted by Crippen LogP contribution is -2.28. The number of rotatable bonds is 4. The predicted molar refractivity (Wildman–Crippen MR) is 72.7 cm³/mol. The minimum absolute atomic E-state index is 0.0496. The second kappa shape index (κ2) is 6.21. The van der Waals surface area contributed by atoms with Crippen LogP contribution in [0.15, 0.2) is 18.3 Å². The van der Waals surface area contributed by atoms with Crippen LogP contribution in [0.25, 0.3) is 0 Å². The highest BCUT2D eigenvalue weighted by atomic mass is 16.3. The Hall–Kier alpha value is -2.06. The molecule has 0 spiro atoms. The molecule has 1 amide bonds. The first kappa shape index (κ1) is 13.4. The van der Waals surface area contributed by atoms with E-state index in [0.717, 1.165) is 19.3 Å². The molecule has 0 bridgehead atoms. The molecule has 0 aromatic carbocycles. The highest BCUT2D eigenvalue weighted by molar-refractivity contribution is 5.94. The van der Waals surface area contributed by atoms with Gasteiger partial charge in [0.2, 0.25) is 0 Å². The number of aliphatic hydroxyl groups excluding tert-OH is 1. The molecule has 5 heteroatoms. The molecule has 1 saturated carbocycles. The highest BCUT2D eigenvalue weighted by Crippen LogP contribution is 2.22. The summed E-state index contributed by atoms with van der Waals surface area (Å²) in [5, 5.41) is 15.5. The molecule has 2 rings (SSSR count). The summed E-state index contributed by atoms with van der Waals surface area (Å²) in [6.45, 7) is 0.201. The van der Waals surface area contributed by atoms with E-state index in [9.17, 15) is 9.90 Å². The molecule has 5 nitrogen and oxygen atoms in total. The number of aromatic nitrogens is 1. The first-order valence-electron chi connectivity index (χ1n) is 6.33. The van der Waals surface area contributed by atoms with Gasteiger partial charge in [-0.1, -0.05) is 5.92 Å². The van der Waals surface area contributed by atoms with E-state index in [1.54, 1.807) is 12.1 Å². The SMILES string of the molecule is C#CCNC(=O)c1ccc(N[C@H]2CCC[C@H]2O)nc1. The standard InChI is InChI=1S/C14H17N3O2/c1-2-8-15-14(19)10-6-7-13(16-9-10)17-11-4-3-5-12(11)18/h1,6-7,9,11-12,18H,3-5,8H2,(H,15,19)(H,16,17)/t11-,12+/m0/s1. The zero-order valence-electron chi connectivity index (χ0n) is 10.6. The van der Waals surface area contributed by atoms with Crippen LogP contribution in [0.1, 0.15) is 29.6 Å². The molecule has 1 aliphatic carbocycles. The van der Waals surface area contributed by atoms with E-state index in [0.29, 0.717) is 11.4 Å². The number of nitrogens with zero attached hydrogens (tertiary/aromatic N) is 1. The molecule has 1 aromatic heterocycles. The lowest BCUT2D eigenvalue weighted by molar-refractivity contribution is 0.0958. The summed E-state index contributed by atoms with van der Waals surface area (Å²) in [6, 6.07) is 3.46. The Kier molecular flexibility index (Phi) is 4.37. The number of aliphatic hydroxyl groups is 1. The van der Waals surface area contributed by atoms with Gasteiger partial charge in [-0.25, -0.2) is 4.98 Å². The summed E-state index contributed by atoms with van der Waals surface area (Å²) >= 11 is 0. The fourth-order valence-electron chi connectivity index (χ4n) is 2.15. The quantitative estimate of drug-likeness (QED) is 0.698. The summed E-state index contributed by atoms with van der Waals surface area (Å²) in [5.41, 5.74) is 0.466. The van der Waals surface area contributed by atoms with Gasteiger partial charge in [-0.2, -0.15) is 0 Å². The topological polar surface area (TPSA) is 74.2 Å². The van der Waals surface area contributed by atoms with Crippen LogP contribution in [-0.2, 0) is 0 Å². The number of amides is 1. The van der Waals surface area contributed by atoms with Crippen molar-refractivity contribution in [3.8, 4) is 12.3 Å². The van der Waals surface area contributed by atoms with Gasteiger partial charge >= 0.3 is 0 Å². The van der Waals surface area contributed by atoms with Gasteiger partial charge in [0.1, 0.15) is 5.82 Å². The van der Waals surface area contributed by atoms with Crippen LogP contribution < -0.4 is 10.6 Å². The van der Waals surface area contributed by atoms with Gasteiger partial charge in [-0.3, -0.25) is 4.79 Å². The third kappa shape index (κ3) is 3.46. The highest BCUT2D eigenvalue weighted by Gasteiger charge is 2.25. The molecule has 0 saturated heterocycles. The lowest BCUT2D eigenvalue weighted by atomic mass is 10.2. The second-order valence-corrected chi connectivity index (χ2v) is 4.57. The van der Waals surface area contributed by atoms with Crippen molar-refractivity contribution in [1.82, 2.24) is 10.3 Å². The van der Waals surface area contributed by atoms with Crippen molar-refractivity contribution in [3.05, 3.63) is 23.9 Å². The summed E-state index contributed by atoms with van der Waals surface area (Å²) in [6.07, 6.45) is 9.03. The number of carbonyl (C=O) groups is 1. The number of pyridine rings is 1. The summed E-state index contributed by atoms with van der Waals surface area (Å²) in [4.78, 5) is 15.8. The fraction of sp³-hybridized carbons (Fsp3) is 0.429. The molecule has 1 aromatic rings. The average molecular weight is 259 g/mol. The smallest absolute Gasteiger partial charge is 0.253 e. The average Bonchev–Trinajstić information content (AvgIpc) is 2.82. The molecule has 19 heavy (non-hydrogen) atoms. The van der Waals surface area contributed by atoms with Crippen molar-refractivity contribution in [2.24, 2.45) is 0 Å². The number of hydrogen-bond donors (Lipinski definition) is 3. The molecule has 0 radical (unpaired) electrons. The molecule has 0 aliphatic heterocycles. The zero-order valence-corrected chi connectivity index (χ0v) is 10.6. The van der Waals surface area contributed by atoms with E-state index in [1.165, 1.54) is 6.20 Å². The third-order valence-electron chi connectivity index (χ3n) is 3.19. The van der Waals surface area contributed by atoms with Crippen molar-refractivity contribution in [2.75, 3.05) is 11.9 Å². The van der Waals surface area contributed by atoms with Crippen LogP contribution in [0.2, 0.25) is 0 Å². The van der Waals surface area contributed by atoms with Crippen molar-refractivity contribution in [3.63, 3.8) is 0 Å². The zero-order chi connectivity index (χ0) is 13.7. The van der Waals surface area contributed by atoms with E-state index < -0.39 is 0 Å². The van der Waals surface area contributed by atoms with Gasteiger partial charge in [-0.05, 0) is 31.4 Å². The first-order chi connectivity index (χ1) is 9.20.